The number of benzene rings is 2. The fraction of sp³-hybridized carbons (Fsp3) is 0.0667. The van der Waals surface area contributed by atoms with E-state index in [1.807, 2.05) is 0 Å². The quantitative estimate of drug-likeness (QED) is 0.673. The summed E-state index contributed by atoms with van der Waals surface area (Å²) in [5.74, 6) is -0.333. The lowest BCUT2D eigenvalue weighted by Gasteiger charge is -2.05. The van der Waals surface area contributed by atoms with E-state index in [4.69, 9.17) is 17.3 Å². The lowest BCUT2D eigenvalue weighted by Crippen LogP contribution is -2.06. The number of nitrogens with two attached hydrogens (primary N) is 1. The molecular formula is C15H13ClN2O2. The first-order chi connectivity index (χ1) is 9.45. The van der Waals surface area contributed by atoms with Crippen LogP contribution in [0.2, 0.25) is 5.02 Å². The molecule has 0 saturated heterocycles. The monoisotopic (exact) mass is 288 g/mol. The second kappa shape index (κ2) is 5.75. The Labute approximate surface area is 121 Å². The van der Waals surface area contributed by atoms with E-state index in [1.54, 1.807) is 42.5 Å². The molecule has 0 bridgehead atoms. The van der Waals surface area contributed by atoms with Gasteiger partial charge in [-0.15, -0.1) is 0 Å². The van der Waals surface area contributed by atoms with Gasteiger partial charge in [-0.25, -0.2) is 0 Å². The van der Waals surface area contributed by atoms with Crippen LogP contribution in [-0.2, 0) is 4.79 Å². The zero-order chi connectivity index (χ0) is 14.7. The van der Waals surface area contributed by atoms with Gasteiger partial charge in [0.15, 0.2) is 5.78 Å². The average molecular weight is 289 g/mol. The molecule has 0 saturated carbocycles. The van der Waals surface area contributed by atoms with Crippen molar-refractivity contribution in [2.75, 3.05) is 11.1 Å². The van der Waals surface area contributed by atoms with Crippen LogP contribution in [0.25, 0.3) is 0 Å². The summed E-state index contributed by atoms with van der Waals surface area (Å²) >= 11 is 5.88. The summed E-state index contributed by atoms with van der Waals surface area (Å²) in [6.07, 6.45) is 0. The van der Waals surface area contributed by atoms with Gasteiger partial charge in [-0.1, -0.05) is 11.6 Å². The number of ketones is 1. The molecule has 20 heavy (non-hydrogen) atoms. The van der Waals surface area contributed by atoms with Crippen LogP contribution in [0.3, 0.4) is 0 Å². The molecule has 0 aliphatic heterocycles. The largest absolute Gasteiger partial charge is 0.399 e. The Bertz CT molecular complexity index is 646. The van der Waals surface area contributed by atoms with Gasteiger partial charge >= 0.3 is 0 Å². The first kappa shape index (κ1) is 14.1. The van der Waals surface area contributed by atoms with Crippen LogP contribution in [-0.4, -0.2) is 11.7 Å². The van der Waals surface area contributed by atoms with E-state index in [0.29, 0.717) is 27.5 Å². The molecule has 0 heterocycles. The number of hydrogen-bond donors (Lipinski definition) is 2. The van der Waals surface area contributed by atoms with Gasteiger partial charge in [0.2, 0.25) is 5.91 Å². The number of nitrogen functional groups attached to an aromatic ring is 1. The normalized spacial score (nSPS) is 10.1. The summed E-state index contributed by atoms with van der Waals surface area (Å²) in [5, 5.41) is 3.06. The number of rotatable bonds is 3. The van der Waals surface area contributed by atoms with Crippen molar-refractivity contribution < 1.29 is 9.59 Å². The molecule has 0 aliphatic carbocycles. The van der Waals surface area contributed by atoms with Gasteiger partial charge in [0.1, 0.15) is 0 Å². The molecule has 0 radical (unpaired) electrons. The molecule has 4 nitrogen and oxygen atoms in total. The molecule has 102 valence electrons. The SMILES string of the molecule is CC(=O)Nc1ccc(C(=O)c2cc(N)cc(Cl)c2)cc1. The molecule has 2 rings (SSSR count). The smallest absolute Gasteiger partial charge is 0.221 e. The van der Waals surface area contributed by atoms with Crippen LogP contribution in [0, 0.1) is 0 Å². The van der Waals surface area contributed by atoms with Crippen LogP contribution < -0.4 is 11.1 Å². The summed E-state index contributed by atoms with van der Waals surface area (Å²) in [5.41, 5.74) is 7.68. The number of amides is 1. The average Bonchev–Trinajstić information content (AvgIpc) is 2.37. The summed E-state index contributed by atoms with van der Waals surface area (Å²) in [6, 6.07) is 11.4. The molecule has 0 spiro atoms. The highest BCUT2D eigenvalue weighted by molar-refractivity contribution is 6.31. The van der Waals surface area contributed by atoms with Crippen molar-refractivity contribution in [3.05, 3.63) is 58.6 Å². The minimum absolute atomic E-state index is 0.160. The number of carbonyl (C=O) groups is 2. The van der Waals surface area contributed by atoms with E-state index < -0.39 is 0 Å². The van der Waals surface area contributed by atoms with Crippen LogP contribution in [0.4, 0.5) is 11.4 Å². The zero-order valence-electron chi connectivity index (χ0n) is 10.8. The lowest BCUT2D eigenvalue weighted by atomic mass is 10.0. The number of carbonyl (C=O) groups excluding carboxylic acids is 2. The molecule has 2 aromatic carbocycles. The fourth-order valence-electron chi connectivity index (χ4n) is 1.82. The van der Waals surface area contributed by atoms with Crippen molar-refractivity contribution in [3.8, 4) is 0 Å². The zero-order valence-corrected chi connectivity index (χ0v) is 11.6. The van der Waals surface area contributed by atoms with Crippen molar-refractivity contribution in [2.45, 2.75) is 6.92 Å². The molecule has 2 aromatic rings. The first-order valence-electron chi connectivity index (χ1n) is 5.94. The first-order valence-corrected chi connectivity index (χ1v) is 6.32. The van der Waals surface area contributed by atoms with E-state index in [-0.39, 0.29) is 11.7 Å². The molecule has 1 amide bonds. The number of anilines is 2. The molecule has 0 aromatic heterocycles. The second-order valence-electron chi connectivity index (χ2n) is 4.36. The number of halogens is 1. The molecule has 0 atom stereocenters. The van der Waals surface area contributed by atoms with Gasteiger partial charge in [0.25, 0.3) is 0 Å². The van der Waals surface area contributed by atoms with Crippen LogP contribution >= 0.6 is 11.6 Å². The molecule has 0 unspecified atom stereocenters. The predicted molar refractivity (Wildman–Crippen MR) is 80.0 cm³/mol. The van der Waals surface area contributed by atoms with Gasteiger partial charge < -0.3 is 11.1 Å². The Hall–Kier alpha value is -2.33. The van der Waals surface area contributed by atoms with Gasteiger partial charge in [-0.2, -0.15) is 0 Å². The molecule has 0 fully saturated rings. The summed E-state index contributed by atoms with van der Waals surface area (Å²) in [7, 11) is 0. The van der Waals surface area contributed by atoms with Gasteiger partial charge in [0.05, 0.1) is 0 Å². The third-order valence-electron chi connectivity index (χ3n) is 2.65. The highest BCUT2D eigenvalue weighted by atomic mass is 35.5. The molecular weight excluding hydrogens is 276 g/mol. The van der Waals surface area contributed by atoms with E-state index in [2.05, 4.69) is 5.32 Å². The van der Waals surface area contributed by atoms with Crippen molar-refractivity contribution in [3.63, 3.8) is 0 Å². The highest BCUT2D eigenvalue weighted by Crippen LogP contribution is 2.20. The van der Waals surface area contributed by atoms with Gasteiger partial charge in [-0.05, 0) is 42.5 Å². The third-order valence-corrected chi connectivity index (χ3v) is 2.87. The Morgan fingerprint density at radius 2 is 1.70 bits per heavy atom. The van der Waals surface area contributed by atoms with Crippen molar-refractivity contribution in [2.24, 2.45) is 0 Å². The molecule has 5 heteroatoms. The van der Waals surface area contributed by atoms with E-state index >= 15 is 0 Å². The number of hydrogen-bond acceptors (Lipinski definition) is 3. The number of nitrogens with one attached hydrogen (secondary N) is 1. The standard InChI is InChI=1S/C15H13ClN2O2/c1-9(19)18-14-4-2-10(3-5-14)15(20)11-6-12(16)8-13(17)7-11/h2-8H,17H2,1H3,(H,18,19). The van der Waals surface area contributed by atoms with Crippen LogP contribution in [0.5, 0.6) is 0 Å². The van der Waals surface area contributed by atoms with Crippen molar-refractivity contribution in [1.82, 2.24) is 0 Å². The Balaban J connectivity index is 2.26. The van der Waals surface area contributed by atoms with E-state index in [1.165, 1.54) is 6.92 Å². The lowest BCUT2D eigenvalue weighted by molar-refractivity contribution is -0.114. The van der Waals surface area contributed by atoms with E-state index in [9.17, 15) is 9.59 Å². The second-order valence-corrected chi connectivity index (χ2v) is 4.80. The molecule has 0 aliphatic rings. The van der Waals surface area contributed by atoms with Crippen LogP contribution in [0.15, 0.2) is 42.5 Å². The Morgan fingerprint density at radius 3 is 2.25 bits per heavy atom. The highest BCUT2D eigenvalue weighted by Gasteiger charge is 2.10. The maximum Gasteiger partial charge on any atom is 0.221 e. The summed E-state index contributed by atoms with van der Waals surface area (Å²) < 4.78 is 0. The predicted octanol–water partition coefficient (Wildman–Crippen LogP) is 3.11. The van der Waals surface area contributed by atoms with Gasteiger partial charge in [0, 0.05) is 34.4 Å². The van der Waals surface area contributed by atoms with Gasteiger partial charge in [-0.3, -0.25) is 9.59 Å². The van der Waals surface area contributed by atoms with Crippen molar-refractivity contribution >= 4 is 34.7 Å². The topological polar surface area (TPSA) is 72.2 Å². The minimum atomic E-state index is -0.173. The fourth-order valence-corrected chi connectivity index (χ4v) is 2.06. The third kappa shape index (κ3) is 3.36. The summed E-state index contributed by atoms with van der Waals surface area (Å²) in [4.78, 5) is 23.2. The Morgan fingerprint density at radius 1 is 1.05 bits per heavy atom. The maximum atomic E-state index is 12.3. The Kier molecular flexibility index (Phi) is 4.05. The molecule has 3 N–H and O–H groups in total. The van der Waals surface area contributed by atoms with Crippen molar-refractivity contribution in [1.29, 1.82) is 0 Å². The van der Waals surface area contributed by atoms with E-state index in [0.717, 1.165) is 0 Å². The maximum absolute atomic E-state index is 12.3. The summed E-state index contributed by atoms with van der Waals surface area (Å²) in [6.45, 7) is 1.42. The minimum Gasteiger partial charge on any atom is -0.399 e. The van der Waals surface area contributed by atoms with Crippen LogP contribution in [0.1, 0.15) is 22.8 Å².